The van der Waals surface area contributed by atoms with Gasteiger partial charge in [-0.1, -0.05) is 38.1 Å². The van der Waals surface area contributed by atoms with Crippen molar-refractivity contribution in [1.29, 1.82) is 5.26 Å². The standard InChI is InChI=1S/C27H30N4O4/c1-18(2)13-14-35-23-12-11-20(16-24(23)34-5)15-21(17-28)26(32)29-25-19(3)30(4)31(27(25)33)22-9-7-6-8-10-22/h6-12,15-16,18H,13-14H2,1-5H3,(H,29,32). The van der Waals surface area contributed by atoms with E-state index in [1.54, 1.807) is 49.0 Å². The molecule has 1 N–H and O–H groups in total. The molecule has 0 unspecified atom stereocenters. The molecule has 8 nitrogen and oxygen atoms in total. The maximum absolute atomic E-state index is 13.1. The van der Waals surface area contributed by atoms with Crippen LogP contribution < -0.4 is 20.3 Å². The van der Waals surface area contributed by atoms with E-state index in [4.69, 9.17) is 9.47 Å². The summed E-state index contributed by atoms with van der Waals surface area (Å²) < 4.78 is 14.3. The van der Waals surface area contributed by atoms with Crippen LogP contribution in [0, 0.1) is 24.2 Å². The first-order valence-electron chi connectivity index (χ1n) is 11.3. The Morgan fingerprint density at radius 2 is 1.89 bits per heavy atom. The number of ether oxygens (including phenoxy) is 2. The predicted octanol–water partition coefficient (Wildman–Crippen LogP) is 4.46. The van der Waals surface area contributed by atoms with Crippen LogP contribution in [0.25, 0.3) is 11.8 Å². The predicted molar refractivity (Wildman–Crippen MR) is 136 cm³/mol. The zero-order valence-corrected chi connectivity index (χ0v) is 20.7. The Morgan fingerprint density at radius 1 is 1.17 bits per heavy atom. The third kappa shape index (κ3) is 5.82. The fourth-order valence-electron chi connectivity index (χ4n) is 3.51. The number of carbonyl (C=O) groups is 1. The average Bonchev–Trinajstić information content (AvgIpc) is 3.06. The monoisotopic (exact) mass is 474 g/mol. The number of rotatable bonds is 9. The van der Waals surface area contributed by atoms with Crippen LogP contribution in [0.3, 0.4) is 0 Å². The highest BCUT2D eigenvalue weighted by Gasteiger charge is 2.20. The quantitative estimate of drug-likeness (QED) is 0.365. The van der Waals surface area contributed by atoms with E-state index >= 15 is 0 Å². The van der Waals surface area contributed by atoms with Gasteiger partial charge in [0, 0.05) is 7.05 Å². The van der Waals surface area contributed by atoms with Crippen molar-refractivity contribution in [3.63, 3.8) is 0 Å². The summed E-state index contributed by atoms with van der Waals surface area (Å²) in [6, 6.07) is 16.2. The number of hydrogen-bond acceptors (Lipinski definition) is 5. The van der Waals surface area contributed by atoms with Gasteiger partial charge < -0.3 is 14.8 Å². The molecule has 1 heterocycles. The van der Waals surface area contributed by atoms with Gasteiger partial charge in [0.2, 0.25) is 0 Å². The molecule has 0 bridgehead atoms. The topological polar surface area (TPSA) is 98.3 Å². The number of anilines is 1. The molecule has 8 heteroatoms. The molecule has 1 aromatic heterocycles. The molecule has 0 atom stereocenters. The fourth-order valence-corrected chi connectivity index (χ4v) is 3.51. The van der Waals surface area contributed by atoms with Crippen LogP contribution in [0.4, 0.5) is 5.69 Å². The summed E-state index contributed by atoms with van der Waals surface area (Å²) in [7, 11) is 3.27. The lowest BCUT2D eigenvalue weighted by molar-refractivity contribution is -0.112. The number of carbonyl (C=O) groups excluding carboxylic acids is 1. The largest absolute Gasteiger partial charge is 0.493 e. The summed E-state index contributed by atoms with van der Waals surface area (Å²) in [6.07, 6.45) is 2.36. The first kappa shape index (κ1) is 25.4. The lowest BCUT2D eigenvalue weighted by Gasteiger charge is -2.12. The number of para-hydroxylation sites is 1. The number of hydrogen-bond donors (Lipinski definition) is 1. The summed E-state index contributed by atoms with van der Waals surface area (Å²) in [6.45, 7) is 6.54. The van der Waals surface area contributed by atoms with E-state index < -0.39 is 5.91 Å². The number of nitrogens with zero attached hydrogens (tertiary/aromatic N) is 3. The van der Waals surface area contributed by atoms with Gasteiger partial charge in [-0.05, 0) is 55.2 Å². The van der Waals surface area contributed by atoms with E-state index in [9.17, 15) is 14.9 Å². The lowest BCUT2D eigenvalue weighted by Crippen LogP contribution is -2.23. The van der Waals surface area contributed by atoms with Crippen LogP contribution in [0.15, 0.2) is 58.9 Å². The number of benzene rings is 2. The third-order valence-corrected chi connectivity index (χ3v) is 5.61. The Morgan fingerprint density at radius 3 is 2.51 bits per heavy atom. The molecule has 0 aliphatic carbocycles. The van der Waals surface area contributed by atoms with Gasteiger partial charge in [-0.25, -0.2) is 4.68 Å². The van der Waals surface area contributed by atoms with Gasteiger partial charge >= 0.3 is 0 Å². The number of methoxy groups -OCH3 is 1. The Kier molecular flexibility index (Phi) is 8.16. The highest BCUT2D eigenvalue weighted by Crippen LogP contribution is 2.29. The summed E-state index contributed by atoms with van der Waals surface area (Å²) in [4.78, 5) is 26.0. The fraction of sp³-hybridized carbons (Fsp3) is 0.296. The Hall–Kier alpha value is -4.25. The van der Waals surface area contributed by atoms with E-state index in [2.05, 4.69) is 19.2 Å². The molecule has 3 rings (SSSR count). The number of nitriles is 1. The van der Waals surface area contributed by atoms with E-state index in [1.165, 1.54) is 17.9 Å². The van der Waals surface area contributed by atoms with Crippen LogP contribution >= 0.6 is 0 Å². The Bertz CT molecular complexity index is 1330. The Balaban J connectivity index is 1.85. The molecule has 0 fully saturated rings. The van der Waals surface area contributed by atoms with E-state index in [-0.39, 0.29) is 16.8 Å². The average molecular weight is 475 g/mol. The maximum atomic E-state index is 13.1. The zero-order valence-electron chi connectivity index (χ0n) is 20.7. The second kappa shape index (κ2) is 11.3. The lowest BCUT2D eigenvalue weighted by atomic mass is 10.1. The highest BCUT2D eigenvalue weighted by atomic mass is 16.5. The van der Waals surface area contributed by atoms with Gasteiger partial charge in [0.05, 0.1) is 25.1 Å². The minimum Gasteiger partial charge on any atom is -0.493 e. The van der Waals surface area contributed by atoms with Crippen molar-refractivity contribution in [2.45, 2.75) is 27.2 Å². The van der Waals surface area contributed by atoms with Crippen molar-refractivity contribution in [2.75, 3.05) is 19.0 Å². The molecule has 1 amide bonds. The smallest absolute Gasteiger partial charge is 0.295 e. The molecule has 0 radical (unpaired) electrons. The molecule has 0 aliphatic rings. The highest BCUT2D eigenvalue weighted by molar-refractivity contribution is 6.09. The first-order valence-corrected chi connectivity index (χ1v) is 11.3. The van der Waals surface area contributed by atoms with E-state index in [1.807, 2.05) is 24.3 Å². The molecule has 0 saturated heterocycles. The number of nitrogens with one attached hydrogen (secondary N) is 1. The van der Waals surface area contributed by atoms with Crippen molar-refractivity contribution in [3.8, 4) is 23.3 Å². The summed E-state index contributed by atoms with van der Waals surface area (Å²) in [5.41, 5.74) is 1.42. The second-order valence-electron chi connectivity index (χ2n) is 8.50. The van der Waals surface area contributed by atoms with Crippen molar-refractivity contribution in [2.24, 2.45) is 13.0 Å². The second-order valence-corrected chi connectivity index (χ2v) is 8.50. The minimum atomic E-state index is -0.672. The van der Waals surface area contributed by atoms with Crippen LogP contribution in [-0.2, 0) is 11.8 Å². The third-order valence-electron chi connectivity index (χ3n) is 5.61. The van der Waals surface area contributed by atoms with Crippen LogP contribution in [0.1, 0.15) is 31.5 Å². The molecule has 35 heavy (non-hydrogen) atoms. The van der Waals surface area contributed by atoms with Gasteiger partial charge in [0.15, 0.2) is 11.5 Å². The summed E-state index contributed by atoms with van der Waals surface area (Å²) >= 11 is 0. The molecular weight excluding hydrogens is 444 g/mol. The summed E-state index contributed by atoms with van der Waals surface area (Å²) in [5, 5.41) is 12.3. The number of aromatic nitrogens is 2. The normalized spacial score (nSPS) is 11.3. The van der Waals surface area contributed by atoms with Crippen molar-refractivity contribution in [3.05, 3.63) is 75.7 Å². The van der Waals surface area contributed by atoms with Gasteiger partial charge in [-0.15, -0.1) is 0 Å². The minimum absolute atomic E-state index is 0.119. The van der Waals surface area contributed by atoms with Gasteiger partial charge in [0.1, 0.15) is 17.3 Å². The van der Waals surface area contributed by atoms with Crippen molar-refractivity contribution >= 4 is 17.7 Å². The molecular formula is C27H30N4O4. The molecule has 3 aromatic rings. The van der Waals surface area contributed by atoms with Crippen LogP contribution in [0.2, 0.25) is 0 Å². The molecule has 0 saturated carbocycles. The molecule has 0 spiro atoms. The van der Waals surface area contributed by atoms with Crippen LogP contribution in [0.5, 0.6) is 11.5 Å². The number of amides is 1. The van der Waals surface area contributed by atoms with Gasteiger partial charge in [-0.2, -0.15) is 5.26 Å². The maximum Gasteiger partial charge on any atom is 0.295 e. The SMILES string of the molecule is COc1cc(C=C(C#N)C(=O)Nc2c(C)n(C)n(-c3ccccc3)c2=O)ccc1OCCC(C)C. The van der Waals surface area contributed by atoms with Gasteiger partial charge in [-0.3, -0.25) is 14.3 Å². The zero-order chi connectivity index (χ0) is 25.5. The molecule has 0 aliphatic heterocycles. The van der Waals surface area contributed by atoms with Crippen molar-refractivity contribution < 1.29 is 14.3 Å². The molecule has 2 aromatic carbocycles. The van der Waals surface area contributed by atoms with Crippen LogP contribution in [-0.4, -0.2) is 29.0 Å². The van der Waals surface area contributed by atoms with Crippen molar-refractivity contribution in [1.82, 2.24) is 9.36 Å². The van der Waals surface area contributed by atoms with Gasteiger partial charge in [0.25, 0.3) is 11.5 Å². The Labute approximate surface area is 205 Å². The summed E-state index contributed by atoms with van der Waals surface area (Å²) in [5.74, 6) is 0.944. The van der Waals surface area contributed by atoms with E-state index in [0.717, 1.165) is 6.42 Å². The van der Waals surface area contributed by atoms with E-state index in [0.29, 0.717) is 41.0 Å². The first-order chi connectivity index (χ1) is 16.8. The molecule has 182 valence electrons.